The third kappa shape index (κ3) is 3.53. The van der Waals surface area contributed by atoms with Crippen molar-refractivity contribution in [1.29, 1.82) is 0 Å². The van der Waals surface area contributed by atoms with Gasteiger partial charge in [-0.2, -0.15) is 0 Å². The number of rotatable bonds is 4. The Hall–Kier alpha value is -2.40. The summed E-state index contributed by atoms with van der Waals surface area (Å²) >= 11 is 0. The van der Waals surface area contributed by atoms with Crippen LogP contribution in [0.2, 0.25) is 0 Å². The maximum atomic E-state index is 11.8. The molecule has 0 saturated heterocycles. The normalized spacial score (nSPS) is 11.8. The Labute approximate surface area is 111 Å². The van der Waals surface area contributed by atoms with E-state index in [9.17, 15) is 9.90 Å². The number of anilines is 1. The van der Waals surface area contributed by atoms with Gasteiger partial charge < -0.3 is 16.2 Å². The average molecular weight is 257 g/mol. The molecule has 1 atom stereocenters. The molecule has 5 heteroatoms. The number of nitrogens with two attached hydrogens (primary N) is 1. The van der Waals surface area contributed by atoms with Crippen molar-refractivity contribution >= 4 is 11.7 Å². The van der Waals surface area contributed by atoms with E-state index in [1.165, 1.54) is 12.3 Å². The topological polar surface area (TPSA) is 88.2 Å². The zero-order chi connectivity index (χ0) is 13.7. The molecule has 1 unspecified atom stereocenters. The van der Waals surface area contributed by atoms with Crippen LogP contribution in [0.25, 0.3) is 0 Å². The molecule has 4 N–H and O–H groups in total. The van der Waals surface area contributed by atoms with E-state index < -0.39 is 0 Å². The molecular weight excluding hydrogens is 242 g/mol. The average Bonchev–Trinajstić information content (AvgIpc) is 2.42. The van der Waals surface area contributed by atoms with Crippen molar-refractivity contribution in [3.05, 3.63) is 54.2 Å². The molecule has 19 heavy (non-hydrogen) atoms. The third-order valence-corrected chi connectivity index (χ3v) is 2.68. The molecule has 0 fully saturated rings. The Kier molecular flexibility index (Phi) is 4.10. The van der Waals surface area contributed by atoms with E-state index in [1.54, 1.807) is 6.07 Å². The van der Waals surface area contributed by atoms with Crippen molar-refractivity contribution < 1.29 is 9.90 Å². The number of benzene rings is 1. The number of hydrogen-bond donors (Lipinski definition) is 3. The number of carbonyl (C=O) groups is 1. The lowest BCUT2D eigenvalue weighted by atomic mass is 10.0. The first kappa shape index (κ1) is 13.0. The van der Waals surface area contributed by atoms with Crippen molar-refractivity contribution in [2.24, 2.45) is 5.73 Å². The van der Waals surface area contributed by atoms with E-state index in [2.05, 4.69) is 10.3 Å². The Morgan fingerprint density at radius 1 is 1.26 bits per heavy atom. The Morgan fingerprint density at radius 2 is 2.00 bits per heavy atom. The number of nitrogens with zero attached hydrogens (tertiary/aromatic N) is 1. The number of pyridine rings is 1. The zero-order valence-electron chi connectivity index (χ0n) is 10.3. The Bertz CT molecular complexity index is 558. The van der Waals surface area contributed by atoms with Gasteiger partial charge in [0.05, 0.1) is 0 Å². The Morgan fingerprint density at radius 3 is 2.68 bits per heavy atom. The second kappa shape index (κ2) is 5.97. The highest BCUT2D eigenvalue weighted by atomic mass is 16.3. The molecule has 1 amide bonds. The summed E-state index contributed by atoms with van der Waals surface area (Å²) in [6.07, 6.45) is 1.62. The van der Waals surface area contributed by atoms with Crippen molar-refractivity contribution in [2.75, 3.05) is 5.32 Å². The van der Waals surface area contributed by atoms with Gasteiger partial charge in [-0.1, -0.05) is 30.3 Å². The van der Waals surface area contributed by atoms with E-state index >= 15 is 0 Å². The molecule has 0 bridgehead atoms. The lowest BCUT2D eigenvalue weighted by Crippen LogP contribution is -2.21. The largest absolute Gasteiger partial charge is 0.504 e. The van der Waals surface area contributed by atoms with Crippen LogP contribution in [-0.4, -0.2) is 16.0 Å². The second-order valence-electron chi connectivity index (χ2n) is 4.14. The van der Waals surface area contributed by atoms with Crippen LogP contribution in [0.15, 0.2) is 48.7 Å². The summed E-state index contributed by atoms with van der Waals surface area (Å²) in [5, 5.41) is 12.0. The smallest absolute Gasteiger partial charge is 0.227 e. The first-order valence-corrected chi connectivity index (χ1v) is 5.91. The number of aromatic nitrogens is 1. The molecule has 0 aliphatic heterocycles. The van der Waals surface area contributed by atoms with Gasteiger partial charge in [0.25, 0.3) is 0 Å². The lowest BCUT2D eigenvalue weighted by molar-refractivity contribution is -0.116. The number of aromatic hydroxyl groups is 1. The molecule has 98 valence electrons. The number of amides is 1. The summed E-state index contributed by atoms with van der Waals surface area (Å²) < 4.78 is 0. The molecule has 1 aromatic carbocycles. The SMILES string of the molecule is NC(CC(=O)Nc1ncccc1O)c1ccccc1. The molecule has 0 radical (unpaired) electrons. The minimum absolute atomic E-state index is 0.0656. The summed E-state index contributed by atoms with van der Waals surface area (Å²) in [5.41, 5.74) is 6.84. The minimum atomic E-state index is -0.382. The molecule has 5 nitrogen and oxygen atoms in total. The van der Waals surface area contributed by atoms with Crippen molar-refractivity contribution in [3.8, 4) is 5.75 Å². The first-order valence-electron chi connectivity index (χ1n) is 5.91. The fourth-order valence-electron chi connectivity index (χ4n) is 1.69. The predicted octanol–water partition coefficient (Wildman–Crippen LogP) is 1.82. The lowest BCUT2D eigenvalue weighted by Gasteiger charge is -2.12. The summed E-state index contributed by atoms with van der Waals surface area (Å²) in [6.45, 7) is 0. The van der Waals surface area contributed by atoms with Crippen LogP contribution in [0, 0.1) is 0 Å². The van der Waals surface area contributed by atoms with E-state index in [1.807, 2.05) is 30.3 Å². The minimum Gasteiger partial charge on any atom is -0.504 e. The molecule has 0 spiro atoms. The molecule has 1 aromatic heterocycles. The molecule has 0 aliphatic rings. The van der Waals surface area contributed by atoms with E-state index in [0.717, 1.165) is 5.56 Å². The summed E-state index contributed by atoms with van der Waals surface area (Å²) in [5.74, 6) is -0.206. The summed E-state index contributed by atoms with van der Waals surface area (Å²) in [7, 11) is 0. The number of hydrogen-bond acceptors (Lipinski definition) is 4. The molecule has 2 aromatic rings. The zero-order valence-corrected chi connectivity index (χ0v) is 10.3. The van der Waals surface area contributed by atoms with Gasteiger partial charge in [0, 0.05) is 18.7 Å². The fraction of sp³-hybridized carbons (Fsp3) is 0.143. The van der Waals surface area contributed by atoms with Crippen LogP contribution in [0.4, 0.5) is 5.82 Å². The predicted molar refractivity (Wildman–Crippen MR) is 72.5 cm³/mol. The highest BCUT2D eigenvalue weighted by Crippen LogP contribution is 2.20. The van der Waals surface area contributed by atoms with Crippen LogP contribution in [0.5, 0.6) is 5.75 Å². The maximum Gasteiger partial charge on any atom is 0.227 e. The van der Waals surface area contributed by atoms with Crippen molar-refractivity contribution in [3.63, 3.8) is 0 Å². The summed E-state index contributed by atoms with van der Waals surface area (Å²) in [4.78, 5) is 15.7. The van der Waals surface area contributed by atoms with Crippen LogP contribution in [0.3, 0.4) is 0 Å². The molecule has 0 aliphatic carbocycles. The van der Waals surface area contributed by atoms with Gasteiger partial charge in [0.15, 0.2) is 11.6 Å². The number of carbonyl (C=O) groups excluding carboxylic acids is 1. The van der Waals surface area contributed by atoms with Crippen molar-refractivity contribution in [1.82, 2.24) is 4.98 Å². The van der Waals surface area contributed by atoms with Gasteiger partial charge in [-0.05, 0) is 17.7 Å². The van der Waals surface area contributed by atoms with E-state index in [-0.39, 0.29) is 29.9 Å². The van der Waals surface area contributed by atoms with Crippen LogP contribution < -0.4 is 11.1 Å². The Balaban J connectivity index is 1.97. The second-order valence-corrected chi connectivity index (χ2v) is 4.14. The van der Waals surface area contributed by atoms with Gasteiger partial charge in [-0.3, -0.25) is 4.79 Å². The van der Waals surface area contributed by atoms with E-state index in [0.29, 0.717) is 0 Å². The molecule has 1 heterocycles. The number of nitrogens with one attached hydrogen (secondary N) is 1. The highest BCUT2D eigenvalue weighted by molar-refractivity contribution is 5.91. The van der Waals surface area contributed by atoms with Gasteiger partial charge in [-0.15, -0.1) is 0 Å². The van der Waals surface area contributed by atoms with Crippen molar-refractivity contribution in [2.45, 2.75) is 12.5 Å². The standard InChI is InChI=1S/C14H15N3O2/c15-11(10-5-2-1-3-6-10)9-13(19)17-14-12(18)7-4-8-16-14/h1-8,11,18H,9,15H2,(H,16,17,19). The van der Waals surface area contributed by atoms with Crippen LogP contribution in [0.1, 0.15) is 18.0 Å². The summed E-state index contributed by atoms with van der Waals surface area (Å²) in [6, 6.07) is 12.0. The van der Waals surface area contributed by atoms with E-state index in [4.69, 9.17) is 5.73 Å². The van der Waals surface area contributed by atoms with Crippen LogP contribution in [-0.2, 0) is 4.79 Å². The van der Waals surface area contributed by atoms with Gasteiger partial charge >= 0.3 is 0 Å². The highest BCUT2D eigenvalue weighted by Gasteiger charge is 2.13. The van der Waals surface area contributed by atoms with Crippen LogP contribution >= 0.6 is 0 Å². The first-order chi connectivity index (χ1) is 9.16. The monoisotopic (exact) mass is 257 g/mol. The molecule has 2 rings (SSSR count). The van der Waals surface area contributed by atoms with Gasteiger partial charge in [0.1, 0.15) is 0 Å². The van der Waals surface area contributed by atoms with Gasteiger partial charge in [0.2, 0.25) is 5.91 Å². The quantitative estimate of drug-likeness (QED) is 0.779. The molecule has 0 saturated carbocycles. The fourth-order valence-corrected chi connectivity index (χ4v) is 1.69. The van der Waals surface area contributed by atoms with Gasteiger partial charge in [-0.25, -0.2) is 4.98 Å². The third-order valence-electron chi connectivity index (χ3n) is 2.68. The maximum absolute atomic E-state index is 11.8. The molecular formula is C14H15N3O2.